The number of rotatable bonds is 8. The molecular formula is C19H23N3O6S. The molecule has 1 atom stereocenters. The average molecular weight is 421 g/mol. The molecule has 0 heterocycles. The molecule has 156 valence electrons. The van der Waals surface area contributed by atoms with Crippen LogP contribution < -0.4 is 10.1 Å². The van der Waals surface area contributed by atoms with Gasteiger partial charge in [-0.15, -0.1) is 0 Å². The lowest BCUT2D eigenvalue weighted by atomic mass is 10.0. The van der Waals surface area contributed by atoms with Gasteiger partial charge >= 0.3 is 0 Å². The third-order valence-corrected chi connectivity index (χ3v) is 5.46. The molecule has 29 heavy (non-hydrogen) atoms. The fraction of sp³-hybridized carbons (Fsp3) is 0.316. The topological polar surface area (TPSA) is 119 Å². The number of carbonyl (C=O) groups excluding carboxylic acids is 1. The lowest BCUT2D eigenvalue weighted by Gasteiger charge is -2.26. The van der Waals surface area contributed by atoms with Gasteiger partial charge in [0, 0.05) is 36.1 Å². The standard InChI is InChI=1S/C19H23N3O6S/c1-21(2)17(16-7-5-6-8-18(16)28-3)12-20-19(23)13-9-14(22(24)25)11-15(10-13)29(4,26)27/h5-11,17H,12H2,1-4H3,(H,20,23). The summed E-state index contributed by atoms with van der Waals surface area (Å²) in [4.78, 5) is 24.6. The molecule has 0 radical (unpaired) electrons. The highest BCUT2D eigenvalue weighted by atomic mass is 32.2. The third kappa shape index (κ3) is 5.52. The quantitative estimate of drug-likeness (QED) is 0.512. The van der Waals surface area contributed by atoms with E-state index in [1.165, 1.54) is 0 Å². The highest BCUT2D eigenvalue weighted by Crippen LogP contribution is 2.27. The van der Waals surface area contributed by atoms with Gasteiger partial charge in [0.05, 0.1) is 23.0 Å². The molecule has 0 saturated heterocycles. The summed E-state index contributed by atoms with van der Waals surface area (Å²) in [5.41, 5.74) is 0.292. The summed E-state index contributed by atoms with van der Waals surface area (Å²) in [6.45, 7) is 0.184. The molecule has 1 unspecified atom stereocenters. The van der Waals surface area contributed by atoms with Gasteiger partial charge < -0.3 is 15.0 Å². The maximum absolute atomic E-state index is 12.6. The number of sulfone groups is 1. The van der Waals surface area contributed by atoms with Crippen molar-refractivity contribution < 1.29 is 22.9 Å². The molecule has 2 aromatic carbocycles. The molecule has 10 heteroatoms. The van der Waals surface area contributed by atoms with Crippen molar-refractivity contribution in [2.24, 2.45) is 0 Å². The van der Waals surface area contributed by atoms with Crippen LogP contribution in [0.5, 0.6) is 5.75 Å². The average Bonchev–Trinajstić information content (AvgIpc) is 2.67. The first-order valence-electron chi connectivity index (χ1n) is 8.61. The Morgan fingerprint density at radius 2 is 1.90 bits per heavy atom. The van der Waals surface area contributed by atoms with Crippen LogP contribution in [0.25, 0.3) is 0 Å². The molecule has 1 amide bonds. The zero-order valence-electron chi connectivity index (χ0n) is 16.6. The number of hydrogen-bond acceptors (Lipinski definition) is 7. The number of nitro benzene ring substituents is 1. The Balaban J connectivity index is 2.31. The van der Waals surface area contributed by atoms with Crippen molar-refractivity contribution in [1.82, 2.24) is 10.2 Å². The number of nitro groups is 1. The number of methoxy groups -OCH3 is 1. The Hall–Kier alpha value is -2.98. The first kappa shape index (κ1) is 22.3. The second kappa shape index (κ2) is 9.01. The number of nitrogens with one attached hydrogen (secondary N) is 1. The Morgan fingerprint density at radius 3 is 2.45 bits per heavy atom. The molecule has 0 saturated carbocycles. The molecule has 0 fully saturated rings. The van der Waals surface area contributed by atoms with E-state index in [0.29, 0.717) is 5.75 Å². The van der Waals surface area contributed by atoms with Crippen LogP contribution in [-0.4, -0.2) is 58.2 Å². The lowest BCUT2D eigenvalue weighted by molar-refractivity contribution is -0.385. The lowest BCUT2D eigenvalue weighted by Crippen LogP contribution is -2.34. The number of hydrogen-bond donors (Lipinski definition) is 1. The normalized spacial score (nSPS) is 12.4. The van der Waals surface area contributed by atoms with E-state index in [9.17, 15) is 23.3 Å². The molecule has 0 bridgehead atoms. The molecule has 0 aliphatic rings. The van der Waals surface area contributed by atoms with Gasteiger partial charge in [0.1, 0.15) is 5.75 Å². The van der Waals surface area contributed by atoms with Crippen molar-refractivity contribution in [3.05, 3.63) is 63.7 Å². The number of carbonyl (C=O) groups is 1. The van der Waals surface area contributed by atoms with Crippen molar-refractivity contribution in [2.45, 2.75) is 10.9 Å². The van der Waals surface area contributed by atoms with Crippen LogP contribution in [0.15, 0.2) is 47.4 Å². The molecule has 1 N–H and O–H groups in total. The second-order valence-corrected chi connectivity index (χ2v) is 8.69. The van der Waals surface area contributed by atoms with Gasteiger partial charge in [0.15, 0.2) is 9.84 Å². The number of non-ortho nitro benzene ring substituents is 1. The Bertz CT molecular complexity index is 1020. The molecule has 0 spiro atoms. The number of likely N-dealkylation sites (N-methyl/N-ethyl adjacent to an activating group) is 1. The first-order chi connectivity index (χ1) is 13.5. The molecule has 0 aromatic heterocycles. The number of amides is 1. The minimum absolute atomic E-state index is 0.0999. The van der Waals surface area contributed by atoms with Crippen molar-refractivity contribution in [3.8, 4) is 5.75 Å². The van der Waals surface area contributed by atoms with Gasteiger partial charge in [0.2, 0.25) is 0 Å². The Labute approximate surface area is 169 Å². The molecule has 0 aliphatic carbocycles. The molecule has 9 nitrogen and oxygen atoms in total. The van der Waals surface area contributed by atoms with Gasteiger partial charge in [-0.2, -0.15) is 0 Å². The summed E-state index contributed by atoms with van der Waals surface area (Å²) in [6.07, 6.45) is 0.928. The van der Waals surface area contributed by atoms with E-state index < -0.39 is 26.4 Å². The number of nitrogens with zero attached hydrogens (tertiary/aromatic N) is 2. The van der Waals surface area contributed by atoms with Crippen molar-refractivity contribution >= 4 is 21.4 Å². The summed E-state index contributed by atoms with van der Waals surface area (Å²) in [5, 5.41) is 13.8. The van der Waals surface area contributed by atoms with Gasteiger partial charge in [-0.3, -0.25) is 14.9 Å². The van der Waals surface area contributed by atoms with Crippen LogP contribution in [0.4, 0.5) is 5.69 Å². The molecular weight excluding hydrogens is 398 g/mol. The monoisotopic (exact) mass is 421 g/mol. The zero-order chi connectivity index (χ0) is 21.8. The summed E-state index contributed by atoms with van der Waals surface area (Å²) >= 11 is 0. The largest absolute Gasteiger partial charge is 0.496 e. The molecule has 2 rings (SSSR count). The predicted octanol–water partition coefficient (Wildman–Crippen LogP) is 2.04. The van der Waals surface area contributed by atoms with Crippen LogP contribution >= 0.6 is 0 Å². The van der Waals surface area contributed by atoms with Crippen molar-refractivity contribution in [3.63, 3.8) is 0 Å². The summed E-state index contributed by atoms with van der Waals surface area (Å²) in [6, 6.07) is 10.3. The van der Waals surface area contributed by atoms with Crippen molar-refractivity contribution in [1.29, 1.82) is 0 Å². The van der Waals surface area contributed by atoms with Crippen molar-refractivity contribution in [2.75, 3.05) is 34.0 Å². The van der Waals surface area contributed by atoms with Crippen LogP contribution in [0.3, 0.4) is 0 Å². The van der Waals surface area contributed by atoms with Crippen LogP contribution in [-0.2, 0) is 9.84 Å². The van der Waals surface area contributed by atoms with Crippen LogP contribution in [0, 0.1) is 10.1 Å². The fourth-order valence-corrected chi connectivity index (χ4v) is 3.51. The zero-order valence-corrected chi connectivity index (χ0v) is 17.4. The van der Waals surface area contributed by atoms with Gasteiger partial charge in [-0.05, 0) is 26.2 Å². The maximum atomic E-state index is 12.6. The van der Waals surface area contributed by atoms with Gasteiger partial charge in [-0.25, -0.2) is 8.42 Å². The summed E-state index contributed by atoms with van der Waals surface area (Å²) in [7, 11) is 1.53. The maximum Gasteiger partial charge on any atom is 0.271 e. The predicted molar refractivity (Wildman–Crippen MR) is 108 cm³/mol. The minimum Gasteiger partial charge on any atom is -0.496 e. The highest BCUT2D eigenvalue weighted by Gasteiger charge is 2.22. The van der Waals surface area contributed by atoms with E-state index in [-0.39, 0.29) is 23.0 Å². The second-order valence-electron chi connectivity index (χ2n) is 6.68. The minimum atomic E-state index is -3.72. The van der Waals surface area contributed by atoms with Crippen LogP contribution in [0.2, 0.25) is 0 Å². The fourth-order valence-electron chi connectivity index (χ4n) is 2.84. The SMILES string of the molecule is COc1ccccc1C(CNC(=O)c1cc([N+](=O)[O-])cc(S(C)(=O)=O)c1)N(C)C. The van der Waals surface area contributed by atoms with E-state index in [4.69, 9.17) is 4.74 Å². The van der Waals surface area contributed by atoms with E-state index >= 15 is 0 Å². The van der Waals surface area contributed by atoms with Gasteiger partial charge in [0.25, 0.3) is 11.6 Å². The van der Waals surface area contributed by atoms with E-state index in [1.807, 2.05) is 43.3 Å². The number of ether oxygens (including phenoxy) is 1. The van der Waals surface area contributed by atoms with E-state index in [1.54, 1.807) is 7.11 Å². The smallest absolute Gasteiger partial charge is 0.271 e. The number of para-hydroxylation sites is 1. The Morgan fingerprint density at radius 1 is 1.24 bits per heavy atom. The van der Waals surface area contributed by atoms with Crippen LogP contribution in [0.1, 0.15) is 22.0 Å². The third-order valence-electron chi connectivity index (χ3n) is 4.37. The first-order valence-corrected chi connectivity index (χ1v) is 10.5. The number of benzene rings is 2. The summed E-state index contributed by atoms with van der Waals surface area (Å²) < 4.78 is 29.0. The molecule has 0 aliphatic heterocycles. The highest BCUT2D eigenvalue weighted by molar-refractivity contribution is 7.90. The Kier molecular flexibility index (Phi) is 6.93. The van der Waals surface area contributed by atoms with Gasteiger partial charge in [-0.1, -0.05) is 18.2 Å². The summed E-state index contributed by atoms with van der Waals surface area (Å²) in [5.74, 6) is 0.0514. The van der Waals surface area contributed by atoms with E-state index in [2.05, 4.69) is 5.32 Å². The molecule has 2 aromatic rings. The van der Waals surface area contributed by atoms with E-state index in [0.717, 1.165) is 30.0 Å².